The van der Waals surface area contributed by atoms with Gasteiger partial charge in [-0.25, -0.2) is 0 Å². The first kappa shape index (κ1) is 15.4. The second-order valence-electron chi connectivity index (χ2n) is 5.92. The summed E-state index contributed by atoms with van der Waals surface area (Å²) in [4.78, 5) is 12.4. The molecule has 0 aliphatic carbocycles. The molecule has 20 heavy (non-hydrogen) atoms. The van der Waals surface area contributed by atoms with Gasteiger partial charge in [0.05, 0.1) is 7.11 Å². The molecule has 0 saturated carbocycles. The van der Waals surface area contributed by atoms with Crippen molar-refractivity contribution in [2.75, 3.05) is 18.6 Å². The number of rotatable bonds is 4. The van der Waals surface area contributed by atoms with E-state index in [1.54, 1.807) is 0 Å². The fraction of sp³-hybridized carbons (Fsp3) is 0.562. The molecule has 1 aliphatic heterocycles. The van der Waals surface area contributed by atoms with Crippen LogP contribution >= 0.6 is 11.8 Å². The molecule has 1 fully saturated rings. The molecule has 1 unspecified atom stereocenters. The molecule has 4 heteroatoms. The number of thioether (sulfide) groups is 1. The summed E-state index contributed by atoms with van der Waals surface area (Å²) in [6.07, 6.45) is 1.01. The van der Waals surface area contributed by atoms with Crippen molar-refractivity contribution < 1.29 is 9.53 Å². The van der Waals surface area contributed by atoms with Crippen LogP contribution in [0.2, 0.25) is 0 Å². The molecule has 1 heterocycles. The maximum atomic E-state index is 12.4. The average molecular weight is 293 g/mol. The third-order valence-corrected chi connectivity index (χ3v) is 5.45. The number of methoxy groups -OCH3 is 1. The Morgan fingerprint density at radius 3 is 2.65 bits per heavy atom. The lowest BCUT2D eigenvalue weighted by Crippen LogP contribution is -2.65. The van der Waals surface area contributed by atoms with Crippen molar-refractivity contribution in [3.05, 3.63) is 35.9 Å². The Hall–Kier alpha value is -1.00. The second-order valence-corrected chi connectivity index (χ2v) is 7.03. The maximum absolute atomic E-state index is 12.4. The Labute approximate surface area is 125 Å². The van der Waals surface area contributed by atoms with Crippen LogP contribution < -0.4 is 5.32 Å². The number of carbonyl (C=O) groups is 1. The van der Waals surface area contributed by atoms with E-state index in [1.807, 2.05) is 30.0 Å². The monoisotopic (exact) mass is 293 g/mol. The van der Waals surface area contributed by atoms with Crippen LogP contribution in [-0.4, -0.2) is 30.1 Å². The number of carbonyl (C=O) groups excluding carboxylic acids is 1. The second kappa shape index (κ2) is 6.19. The Balaban J connectivity index is 2.21. The fourth-order valence-electron chi connectivity index (χ4n) is 2.68. The number of hydrogen-bond acceptors (Lipinski definition) is 4. The van der Waals surface area contributed by atoms with Gasteiger partial charge in [0.1, 0.15) is 5.54 Å². The van der Waals surface area contributed by atoms with Crippen molar-refractivity contribution in [1.29, 1.82) is 0 Å². The maximum Gasteiger partial charge on any atom is 0.327 e. The van der Waals surface area contributed by atoms with Crippen molar-refractivity contribution in [3.8, 4) is 0 Å². The molecule has 1 N–H and O–H groups in total. The Morgan fingerprint density at radius 2 is 2.05 bits per heavy atom. The van der Waals surface area contributed by atoms with E-state index in [0.29, 0.717) is 6.54 Å². The summed E-state index contributed by atoms with van der Waals surface area (Å²) in [7, 11) is 1.48. The summed E-state index contributed by atoms with van der Waals surface area (Å²) < 4.78 is 5.10. The van der Waals surface area contributed by atoms with Gasteiger partial charge in [0.15, 0.2) is 0 Å². The van der Waals surface area contributed by atoms with Crippen molar-refractivity contribution in [1.82, 2.24) is 5.32 Å². The van der Waals surface area contributed by atoms with Gasteiger partial charge in [0.25, 0.3) is 0 Å². The number of hydrogen-bond donors (Lipinski definition) is 1. The van der Waals surface area contributed by atoms with Gasteiger partial charge >= 0.3 is 5.97 Å². The Bertz CT molecular complexity index is 461. The predicted molar refractivity (Wildman–Crippen MR) is 83.8 cm³/mol. The number of ether oxygens (including phenoxy) is 1. The summed E-state index contributed by atoms with van der Waals surface area (Å²) in [6.45, 7) is 4.99. The third kappa shape index (κ3) is 2.86. The highest BCUT2D eigenvalue weighted by atomic mass is 32.2. The zero-order valence-electron chi connectivity index (χ0n) is 12.4. The van der Waals surface area contributed by atoms with Crippen molar-refractivity contribution >= 4 is 17.7 Å². The molecule has 0 bridgehead atoms. The molecule has 3 nitrogen and oxygen atoms in total. The molecular weight excluding hydrogens is 270 g/mol. The summed E-state index contributed by atoms with van der Waals surface area (Å²) >= 11 is 1.82. The minimum Gasteiger partial charge on any atom is -0.468 e. The molecule has 1 aromatic rings. The van der Waals surface area contributed by atoms with Crippen LogP contribution in [0, 0.1) is 5.41 Å². The summed E-state index contributed by atoms with van der Waals surface area (Å²) in [5, 5.41) is 3.50. The van der Waals surface area contributed by atoms with Gasteiger partial charge in [-0.2, -0.15) is 11.8 Å². The van der Waals surface area contributed by atoms with Gasteiger partial charge in [0.2, 0.25) is 0 Å². The number of benzene rings is 1. The molecule has 1 atom stereocenters. The van der Waals surface area contributed by atoms with Gasteiger partial charge in [-0.05, 0) is 23.2 Å². The highest BCUT2D eigenvalue weighted by Crippen LogP contribution is 2.43. The van der Waals surface area contributed by atoms with Crippen molar-refractivity contribution in [3.63, 3.8) is 0 Å². The molecule has 110 valence electrons. The zero-order valence-corrected chi connectivity index (χ0v) is 13.3. The first-order valence-corrected chi connectivity index (χ1v) is 8.12. The van der Waals surface area contributed by atoms with Crippen LogP contribution in [0.4, 0.5) is 0 Å². The smallest absolute Gasteiger partial charge is 0.327 e. The highest BCUT2D eigenvalue weighted by Gasteiger charge is 2.53. The highest BCUT2D eigenvalue weighted by molar-refractivity contribution is 7.99. The number of esters is 1. The molecule has 0 aromatic heterocycles. The van der Waals surface area contributed by atoms with E-state index in [1.165, 1.54) is 12.7 Å². The lowest BCUT2D eigenvalue weighted by molar-refractivity contribution is -0.153. The SMILES string of the molecule is COC(=O)C1(NCc2ccccc2)CSCCC1(C)C. The van der Waals surface area contributed by atoms with Crippen LogP contribution in [0.1, 0.15) is 25.8 Å². The van der Waals surface area contributed by atoms with Gasteiger partial charge in [0, 0.05) is 12.3 Å². The van der Waals surface area contributed by atoms with Gasteiger partial charge < -0.3 is 4.74 Å². The Morgan fingerprint density at radius 1 is 1.35 bits per heavy atom. The van der Waals surface area contributed by atoms with Gasteiger partial charge in [-0.3, -0.25) is 10.1 Å². The molecule has 1 aliphatic rings. The number of nitrogens with one attached hydrogen (secondary N) is 1. The average Bonchev–Trinajstić information content (AvgIpc) is 2.46. The quantitative estimate of drug-likeness (QED) is 0.866. The first-order chi connectivity index (χ1) is 9.52. The lowest BCUT2D eigenvalue weighted by atomic mass is 9.70. The molecule has 1 aromatic carbocycles. The van der Waals surface area contributed by atoms with Crippen LogP contribution in [0.15, 0.2) is 30.3 Å². The summed E-state index contributed by atoms with van der Waals surface area (Å²) in [5.41, 5.74) is 0.461. The van der Waals surface area contributed by atoms with E-state index in [0.717, 1.165) is 17.9 Å². The van der Waals surface area contributed by atoms with Crippen LogP contribution in [0.25, 0.3) is 0 Å². The zero-order chi connectivity index (χ0) is 14.6. The Kier molecular flexibility index (Phi) is 4.76. The van der Waals surface area contributed by atoms with E-state index >= 15 is 0 Å². The van der Waals surface area contributed by atoms with Crippen LogP contribution in [-0.2, 0) is 16.1 Å². The molecule has 2 rings (SSSR count). The third-order valence-electron chi connectivity index (χ3n) is 4.32. The van der Waals surface area contributed by atoms with E-state index in [9.17, 15) is 4.79 Å². The van der Waals surface area contributed by atoms with Gasteiger partial charge in [-0.15, -0.1) is 0 Å². The lowest BCUT2D eigenvalue weighted by Gasteiger charge is -2.48. The van der Waals surface area contributed by atoms with Gasteiger partial charge in [-0.1, -0.05) is 44.2 Å². The van der Waals surface area contributed by atoms with Crippen LogP contribution in [0.5, 0.6) is 0 Å². The normalized spacial score (nSPS) is 25.1. The van der Waals surface area contributed by atoms with Crippen molar-refractivity contribution in [2.45, 2.75) is 32.4 Å². The fourth-order valence-corrected chi connectivity index (χ4v) is 4.40. The summed E-state index contributed by atoms with van der Waals surface area (Å²) in [5.74, 6) is 1.71. The molecule has 1 saturated heterocycles. The van der Waals surface area contributed by atoms with E-state index < -0.39 is 5.54 Å². The van der Waals surface area contributed by atoms with E-state index in [2.05, 4.69) is 31.3 Å². The molecule has 0 amide bonds. The molecule has 0 radical (unpaired) electrons. The van der Waals surface area contributed by atoms with Crippen molar-refractivity contribution in [2.24, 2.45) is 5.41 Å². The topological polar surface area (TPSA) is 38.3 Å². The first-order valence-electron chi connectivity index (χ1n) is 6.97. The van der Waals surface area contributed by atoms with E-state index in [4.69, 9.17) is 4.74 Å². The predicted octanol–water partition coefficient (Wildman–Crippen LogP) is 2.85. The summed E-state index contributed by atoms with van der Waals surface area (Å²) in [6, 6.07) is 10.2. The largest absolute Gasteiger partial charge is 0.468 e. The minimum atomic E-state index is -0.611. The van der Waals surface area contributed by atoms with E-state index in [-0.39, 0.29) is 11.4 Å². The van der Waals surface area contributed by atoms with Crippen LogP contribution in [0.3, 0.4) is 0 Å². The minimum absolute atomic E-state index is 0.111. The molecular formula is C16H23NO2S. The molecule has 0 spiro atoms. The standard InChI is InChI=1S/C16H23NO2S/c1-15(2)9-10-20-12-16(15,14(18)19-3)17-11-13-7-5-4-6-8-13/h4-8,17H,9-12H2,1-3H3.